The van der Waals surface area contributed by atoms with Crippen LogP contribution in [0.25, 0.3) is 0 Å². The molecule has 0 aromatic heterocycles. The molecule has 0 spiro atoms. The van der Waals surface area contributed by atoms with Crippen molar-refractivity contribution < 1.29 is 5.11 Å². The number of rotatable bonds is 6. The Labute approximate surface area is 100 Å². The topological polar surface area (TPSA) is 35.5 Å². The lowest BCUT2D eigenvalue weighted by Crippen LogP contribution is -2.45. The second kappa shape index (κ2) is 6.58. The number of nitrogens with zero attached hydrogens (tertiary/aromatic N) is 1. The van der Waals surface area contributed by atoms with Gasteiger partial charge in [-0.3, -0.25) is 0 Å². The van der Waals surface area contributed by atoms with Gasteiger partial charge in [0, 0.05) is 26.2 Å². The van der Waals surface area contributed by atoms with Gasteiger partial charge in [-0.05, 0) is 31.2 Å². The Morgan fingerprint density at radius 2 is 1.94 bits per heavy atom. The normalized spacial score (nSPS) is 23.2. The van der Waals surface area contributed by atoms with Gasteiger partial charge in [-0.1, -0.05) is 20.8 Å². The molecule has 0 radical (unpaired) electrons. The maximum Gasteiger partial charge on any atom is 0.0564 e. The van der Waals surface area contributed by atoms with Crippen molar-refractivity contribution in [3.05, 3.63) is 0 Å². The van der Waals surface area contributed by atoms with Gasteiger partial charge in [-0.25, -0.2) is 0 Å². The first kappa shape index (κ1) is 13.9. The van der Waals surface area contributed by atoms with Crippen LogP contribution in [-0.2, 0) is 0 Å². The van der Waals surface area contributed by atoms with Crippen LogP contribution in [0.5, 0.6) is 0 Å². The summed E-state index contributed by atoms with van der Waals surface area (Å²) in [6.45, 7) is 12.2. The van der Waals surface area contributed by atoms with Gasteiger partial charge in [0.15, 0.2) is 0 Å². The molecule has 1 aliphatic heterocycles. The van der Waals surface area contributed by atoms with Crippen molar-refractivity contribution in [2.45, 2.75) is 46.1 Å². The van der Waals surface area contributed by atoms with E-state index < -0.39 is 0 Å². The van der Waals surface area contributed by atoms with Crippen LogP contribution in [0.3, 0.4) is 0 Å². The van der Waals surface area contributed by atoms with E-state index in [9.17, 15) is 5.11 Å². The zero-order valence-corrected chi connectivity index (χ0v) is 11.1. The van der Waals surface area contributed by atoms with Crippen LogP contribution in [0.4, 0.5) is 0 Å². The smallest absolute Gasteiger partial charge is 0.0564 e. The minimum Gasteiger partial charge on any atom is -0.393 e. The number of piperidine rings is 1. The first-order valence-corrected chi connectivity index (χ1v) is 6.71. The van der Waals surface area contributed by atoms with Crippen LogP contribution in [0, 0.1) is 5.41 Å². The minimum atomic E-state index is -0.0575. The summed E-state index contributed by atoms with van der Waals surface area (Å²) in [7, 11) is 0. The highest BCUT2D eigenvalue weighted by molar-refractivity contribution is 4.82. The number of hydrogen-bond acceptors (Lipinski definition) is 3. The Morgan fingerprint density at radius 3 is 2.44 bits per heavy atom. The molecule has 1 heterocycles. The molecule has 0 bridgehead atoms. The molecule has 0 aromatic rings. The second-order valence-electron chi connectivity index (χ2n) is 5.45. The summed E-state index contributed by atoms with van der Waals surface area (Å²) >= 11 is 0. The van der Waals surface area contributed by atoms with E-state index in [2.05, 4.69) is 31.0 Å². The number of nitrogens with one attached hydrogen (secondary N) is 1. The maximum absolute atomic E-state index is 9.48. The Morgan fingerprint density at radius 1 is 1.31 bits per heavy atom. The molecule has 2 N–H and O–H groups in total. The van der Waals surface area contributed by atoms with Crippen molar-refractivity contribution in [2.24, 2.45) is 5.41 Å². The SMILES string of the molecule is CCNCC(C)(CC)CN1CCC(O)CC1. The first-order valence-electron chi connectivity index (χ1n) is 6.71. The number of aliphatic hydroxyl groups is 1. The van der Waals surface area contributed by atoms with Crippen LogP contribution >= 0.6 is 0 Å². The summed E-state index contributed by atoms with van der Waals surface area (Å²) in [6.07, 6.45) is 3.04. The Balaban J connectivity index is 2.36. The fourth-order valence-electron chi connectivity index (χ4n) is 2.34. The molecule has 1 fully saturated rings. The van der Waals surface area contributed by atoms with Crippen LogP contribution in [-0.4, -0.2) is 48.8 Å². The molecule has 0 aromatic carbocycles. The lowest BCUT2D eigenvalue weighted by atomic mass is 9.86. The average molecular weight is 228 g/mol. The highest BCUT2D eigenvalue weighted by Gasteiger charge is 2.27. The second-order valence-corrected chi connectivity index (χ2v) is 5.45. The summed E-state index contributed by atoms with van der Waals surface area (Å²) in [6, 6.07) is 0. The highest BCUT2D eigenvalue weighted by atomic mass is 16.3. The lowest BCUT2D eigenvalue weighted by Gasteiger charge is -2.38. The molecule has 16 heavy (non-hydrogen) atoms. The largest absolute Gasteiger partial charge is 0.393 e. The maximum atomic E-state index is 9.48. The third-order valence-corrected chi connectivity index (χ3v) is 3.82. The lowest BCUT2D eigenvalue weighted by molar-refractivity contribution is 0.0587. The molecule has 3 nitrogen and oxygen atoms in total. The minimum absolute atomic E-state index is 0.0575. The molecular formula is C13H28N2O. The summed E-state index contributed by atoms with van der Waals surface area (Å²) in [5.74, 6) is 0. The zero-order chi connectivity index (χ0) is 12.0. The van der Waals surface area contributed by atoms with Crippen LogP contribution < -0.4 is 5.32 Å². The van der Waals surface area contributed by atoms with Gasteiger partial charge in [0.25, 0.3) is 0 Å². The van der Waals surface area contributed by atoms with E-state index in [0.717, 1.165) is 45.6 Å². The monoisotopic (exact) mass is 228 g/mol. The molecule has 1 unspecified atom stereocenters. The predicted molar refractivity (Wildman–Crippen MR) is 68.6 cm³/mol. The molecule has 0 amide bonds. The van der Waals surface area contributed by atoms with E-state index in [4.69, 9.17) is 0 Å². The van der Waals surface area contributed by atoms with E-state index >= 15 is 0 Å². The number of hydrogen-bond donors (Lipinski definition) is 2. The Kier molecular flexibility index (Phi) is 5.73. The van der Waals surface area contributed by atoms with E-state index in [1.807, 2.05) is 0 Å². The summed E-state index contributed by atoms with van der Waals surface area (Å²) in [4.78, 5) is 2.51. The molecule has 96 valence electrons. The fourth-order valence-corrected chi connectivity index (χ4v) is 2.34. The van der Waals surface area contributed by atoms with E-state index in [1.54, 1.807) is 0 Å². The zero-order valence-electron chi connectivity index (χ0n) is 11.1. The molecule has 1 atom stereocenters. The van der Waals surface area contributed by atoms with Gasteiger partial charge >= 0.3 is 0 Å². The fraction of sp³-hybridized carbons (Fsp3) is 1.00. The summed E-state index contributed by atoms with van der Waals surface area (Å²) < 4.78 is 0. The van der Waals surface area contributed by atoms with Gasteiger partial charge in [0.1, 0.15) is 0 Å². The Hall–Kier alpha value is -0.120. The molecule has 0 aliphatic carbocycles. The third kappa shape index (κ3) is 4.40. The van der Waals surface area contributed by atoms with Crippen LogP contribution in [0.15, 0.2) is 0 Å². The summed E-state index contributed by atoms with van der Waals surface area (Å²) in [5.41, 5.74) is 0.373. The van der Waals surface area contributed by atoms with E-state index in [0.29, 0.717) is 5.41 Å². The molecule has 0 saturated carbocycles. The standard InChI is InChI=1S/C13H28N2O/c1-4-13(3,10-14-5-2)11-15-8-6-12(16)7-9-15/h12,14,16H,4-11H2,1-3H3. The van der Waals surface area contributed by atoms with E-state index in [1.165, 1.54) is 6.42 Å². The molecular weight excluding hydrogens is 200 g/mol. The highest BCUT2D eigenvalue weighted by Crippen LogP contribution is 2.23. The number of aliphatic hydroxyl groups excluding tert-OH is 1. The van der Waals surface area contributed by atoms with Gasteiger partial charge in [0.05, 0.1) is 6.10 Å². The first-order chi connectivity index (χ1) is 7.59. The van der Waals surface area contributed by atoms with E-state index in [-0.39, 0.29) is 6.10 Å². The van der Waals surface area contributed by atoms with Crippen molar-refractivity contribution in [1.82, 2.24) is 10.2 Å². The molecule has 1 saturated heterocycles. The van der Waals surface area contributed by atoms with Gasteiger partial charge in [-0.15, -0.1) is 0 Å². The van der Waals surface area contributed by atoms with Crippen molar-refractivity contribution in [1.29, 1.82) is 0 Å². The van der Waals surface area contributed by atoms with Crippen LogP contribution in [0.2, 0.25) is 0 Å². The van der Waals surface area contributed by atoms with Crippen molar-refractivity contribution in [3.63, 3.8) is 0 Å². The average Bonchev–Trinajstić information content (AvgIpc) is 2.30. The quantitative estimate of drug-likeness (QED) is 0.722. The van der Waals surface area contributed by atoms with Crippen molar-refractivity contribution in [3.8, 4) is 0 Å². The van der Waals surface area contributed by atoms with Crippen molar-refractivity contribution >= 4 is 0 Å². The van der Waals surface area contributed by atoms with Gasteiger partial charge < -0.3 is 15.3 Å². The van der Waals surface area contributed by atoms with Gasteiger partial charge in [0.2, 0.25) is 0 Å². The van der Waals surface area contributed by atoms with Crippen molar-refractivity contribution in [2.75, 3.05) is 32.7 Å². The summed E-state index contributed by atoms with van der Waals surface area (Å²) in [5, 5.41) is 12.9. The number of likely N-dealkylation sites (tertiary alicyclic amines) is 1. The van der Waals surface area contributed by atoms with Gasteiger partial charge in [-0.2, -0.15) is 0 Å². The molecule has 1 aliphatic rings. The molecule has 3 heteroatoms. The molecule has 1 rings (SSSR count). The third-order valence-electron chi connectivity index (χ3n) is 3.82. The van der Waals surface area contributed by atoms with Crippen LogP contribution in [0.1, 0.15) is 40.0 Å². The Bertz CT molecular complexity index is 190. The predicted octanol–water partition coefficient (Wildman–Crippen LogP) is 1.47.